The van der Waals surface area contributed by atoms with Crippen molar-refractivity contribution in [2.75, 3.05) is 5.32 Å². The monoisotopic (exact) mass is 447 g/mol. The fourth-order valence-electron chi connectivity index (χ4n) is 2.94. The van der Waals surface area contributed by atoms with Gasteiger partial charge in [-0.15, -0.1) is 5.10 Å². The number of halogens is 4. The van der Waals surface area contributed by atoms with E-state index in [2.05, 4.69) is 25.4 Å². The number of nitriles is 1. The molecule has 8 nitrogen and oxygen atoms in total. The molecule has 0 aliphatic rings. The van der Waals surface area contributed by atoms with Crippen molar-refractivity contribution in [1.82, 2.24) is 24.7 Å². The molecule has 0 saturated heterocycles. The molecular formula is C19H13ClF3N7O. The van der Waals surface area contributed by atoms with Crippen molar-refractivity contribution in [3.05, 3.63) is 58.3 Å². The number of alkyl halides is 3. The largest absolute Gasteiger partial charge is 0.423 e. The lowest BCUT2D eigenvalue weighted by Gasteiger charge is -2.12. The number of hydrogen-bond donors (Lipinski definition) is 1. The smallest absolute Gasteiger partial charge is 0.417 e. The molecule has 1 N–H and O–H groups in total. The first-order chi connectivity index (χ1) is 14.7. The first-order valence-electron chi connectivity index (χ1n) is 8.89. The normalized spacial score (nSPS) is 12.7. The number of anilines is 1. The lowest BCUT2D eigenvalue weighted by Crippen LogP contribution is -2.14. The Morgan fingerprint density at radius 3 is 2.68 bits per heavy atom. The summed E-state index contributed by atoms with van der Waals surface area (Å²) in [6, 6.07) is 6.64. The third-order valence-corrected chi connectivity index (χ3v) is 4.65. The molecule has 0 amide bonds. The Hall–Kier alpha value is -3.65. The van der Waals surface area contributed by atoms with Gasteiger partial charge in [0.2, 0.25) is 0 Å². The molecule has 0 aliphatic heterocycles. The fraction of sp³-hybridized carbons (Fsp3) is 0.211. The number of rotatable bonds is 4. The van der Waals surface area contributed by atoms with Gasteiger partial charge in [0.15, 0.2) is 17.2 Å². The molecule has 0 radical (unpaired) electrons. The van der Waals surface area contributed by atoms with Crippen LogP contribution in [0.25, 0.3) is 16.9 Å². The zero-order chi connectivity index (χ0) is 22.3. The van der Waals surface area contributed by atoms with Crippen LogP contribution in [-0.4, -0.2) is 24.7 Å². The van der Waals surface area contributed by atoms with Crippen LogP contribution in [0.5, 0.6) is 0 Å². The van der Waals surface area contributed by atoms with Gasteiger partial charge in [0.1, 0.15) is 17.4 Å². The van der Waals surface area contributed by atoms with E-state index in [1.807, 2.05) is 6.07 Å². The van der Waals surface area contributed by atoms with E-state index in [4.69, 9.17) is 21.3 Å². The van der Waals surface area contributed by atoms with Crippen molar-refractivity contribution in [3.63, 3.8) is 0 Å². The van der Waals surface area contributed by atoms with Crippen LogP contribution in [0.3, 0.4) is 0 Å². The van der Waals surface area contributed by atoms with Gasteiger partial charge in [0, 0.05) is 12.3 Å². The zero-order valence-electron chi connectivity index (χ0n) is 16.1. The number of nitrogens with zero attached hydrogens (tertiary/aromatic N) is 6. The number of hydrogen-bond acceptors (Lipinski definition) is 7. The molecule has 4 aromatic rings. The Kier molecular flexibility index (Phi) is 5.02. The van der Waals surface area contributed by atoms with Gasteiger partial charge >= 0.3 is 6.18 Å². The van der Waals surface area contributed by atoms with Crippen LogP contribution in [0.15, 0.2) is 34.9 Å². The van der Waals surface area contributed by atoms with Crippen LogP contribution in [0.4, 0.5) is 19.2 Å². The molecule has 0 spiro atoms. The van der Waals surface area contributed by atoms with Crippen molar-refractivity contribution >= 4 is 28.7 Å². The number of aryl methyl sites for hydroxylation is 1. The molecule has 1 aromatic carbocycles. The summed E-state index contributed by atoms with van der Waals surface area (Å²) in [5.74, 6) is 1.39. The third kappa shape index (κ3) is 4.02. The van der Waals surface area contributed by atoms with Gasteiger partial charge in [0.05, 0.1) is 22.2 Å². The van der Waals surface area contributed by atoms with E-state index in [0.717, 1.165) is 12.1 Å². The highest BCUT2D eigenvalue weighted by Crippen LogP contribution is 2.37. The number of oxazole rings is 1. The van der Waals surface area contributed by atoms with Gasteiger partial charge < -0.3 is 9.73 Å². The number of fused-ring (bicyclic) bond motifs is 1. The van der Waals surface area contributed by atoms with E-state index in [9.17, 15) is 13.2 Å². The number of aromatic nitrogens is 5. The minimum atomic E-state index is -4.60. The molecule has 158 valence electrons. The lowest BCUT2D eigenvalue weighted by molar-refractivity contribution is -0.137. The summed E-state index contributed by atoms with van der Waals surface area (Å²) < 4.78 is 46.2. The van der Waals surface area contributed by atoms with Gasteiger partial charge in [-0.2, -0.15) is 28.1 Å². The van der Waals surface area contributed by atoms with E-state index in [-0.39, 0.29) is 17.1 Å². The maximum atomic E-state index is 13.1. The Morgan fingerprint density at radius 1 is 1.26 bits per heavy atom. The van der Waals surface area contributed by atoms with Crippen LogP contribution in [-0.2, 0) is 6.18 Å². The van der Waals surface area contributed by atoms with Crippen LogP contribution < -0.4 is 5.32 Å². The van der Waals surface area contributed by atoms with E-state index in [1.54, 1.807) is 26.0 Å². The van der Waals surface area contributed by atoms with Gasteiger partial charge in [0.25, 0.3) is 6.01 Å². The van der Waals surface area contributed by atoms with Crippen LogP contribution in [0.2, 0.25) is 5.02 Å². The minimum Gasteiger partial charge on any atom is -0.423 e. The number of pyridine rings is 1. The Labute approximate surface area is 178 Å². The van der Waals surface area contributed by atoms with Crippen LogP contribution in [0, 0.1) is 18.3 Å². The first kappa shape index (κ1) is 20.6. The van der Waals surface area contributed by atoms with E-state index < -0.39 is 22.8 Å². The average Bonchev–Trinajstić information content (AvgIpc) is 3.29. The van der Waals surface area contributed by atoms with E-state index in [1.165, 1.54) is 10.9 Å². The van der Waals surface area contributed by atoms with Gasteiger partial charge in [-0.1, -0.05) is 11.6 Å². The fourth-order valence-corrected chi connectivity index (χ4v) is 3.20. The van der Waals surface area contributed by atoms with Crippen molar-refractivity contribution in [3.8, 4) is 11.9 Å². The van der Waals surface area contributed by atoms with Crippen molar-refractivity contribution < 1.29 is 17.6 Å². The van der Waals surface area contributed by atoms with Crippen molar-refractivity contribution in [2.45, 2.75) is 26.1 Å². The maximum Gasteiger partial charge on any atom is 0.417 e. The maximum absolute atomic E-state index is 13.1. The second kappa shape index (κ2) is 7.55. The molecule has 31 heavy (non-hydrogen) atoms. The summed E-state index contributed by atoms with van der Waals surface area (Å²) in [5, 5.41) is 15.7. The van der Waals surface area contributed by atoms with Crippen LogP contribution in [0.1, 0.15) is 35.7 Å². The second-order valence-electron chi connectivity index (χ2n) is 6.63. The lowest BCUT2D eigenvalue weighted by atomic mass is 10.2. The molecule has 0 aliphatic carbocycles. The molecule has 0 fully saturated rings. The predicted molar refractivity (Wildman–Crippen MR) is 105 cm³/mol. The summed E-state index contributed by atoms with van der Waals surface area (Å²) in [6.07, 6.45) is -3.19. The summed E-state index contributed by atoms with van der Waals surface area (Å²) in [6.45, 7) is 3.46. The molecule has 3 heterocycles. The minimum absolute atomic E-state index is 0.00196. The summed E-state index contributed by atoms with van der Waals surface area (Å²) in [7, 11) is 0. The molecule has 3 aromatic heterocycles. The van der Waals surface area contributed by atoms with Crippen molar-refractivity contribution in [1.29, 1.82) is 5.26 Å². The Balaban J connectivity index is 1.65. The molecular weight excluding hydrogens is 435 g/mol. The van der Waals surface area contributed by atoms with Gasteiger partial charge in [-0.3, -0.25) is 0 Å². The highest BCUT2D eigenvalue weighted by Gasteiger charge is 2.34. The topological polar surface area (TPSA) is 105 Å². The van der Waals surface area contributed by atoms with E-state index in [0.29, 0.717) is 23.0 Å². The number of benzene rings is 1. The summed E-state index contributed by atoms with van der Waals surface area (Å²) >= 11 is 5.73. The van der Waals surface area contributed by atoms with Crippen LogP contribution >= 0.6 is 11.6 Å². The molecule has 1 unspecified atom stereocenters. The molecule has 4 rings (SSSR count). The van der Waals surface area contributed by atoms with Gasteiger partial charge in [-0.25, -0.2) is 9.97 Å². The third-order valence-electron chi connectivity index (χ3n) is 4.34. The van der Waals surface area contributed by atoms with Crippen molar-refractivity contribution in [2.24, 2.45) is 0 Å². The summed E-state index contributed by atoms with van der Waals surface area (Å²) in [4.78, 5) is 12.7. The predicted octanol–water partition coefficient (Wildman–Crippen LogP) is 4.83. The van der Waals surface area contributed by atoms with Gasteiger partial charge in [-0.05, 0) is 32.0 Å². The SMILES string of the molecule is Cc1nc(C(C)Nc2nc3cc(C(F)(F)F)c(Cl)cc3o2)n(-c2ccc(C#N)cn2)n1. The van der Waals surface area contributed by atoms with E-state index >= 15 is 0 Å². The highest BCUT2D eigenvalue weighted by atomic mass is 35.5. The Bertz CT molecular complexity index is 1310. The second-order valence-corrected chi connectivity index (χ2v) is 7.04. The molecule has 0 saturated carbocycles. The quantitative estimate of drug-likeness (QED) is 0.477. The number of nitrogens with one attached hydrogen (secondary N) is 1. The standard InChI is InChI=1S/C19H13ClF3N7O/c1-9(17-27-10(2)29-30(17)16-4-3-11(7-24)8-25-16)26-18-28-14-5-12(19(21,22)23)13(20)6-15(14)31-18/h3-6,8-9H,1-2H3,(H,26,28). The Morgan fingerprint density at radius 2 is 2.03 bits per heavy atom. The molecule has 0 bridgehead atoms. The molecule has 1 atom stereocenters. The zero-order valence-corrected chi connectivity index (χ0v) is 16.8. The molecule has 12 heteroatoms. The average molecular weight is 448 g/mol. The first-order valence-corrected chi connectivity index (χ1v) is 9.27. The highest BCUT2D eigenvalue weighted by molar-refractivity contribution is 6.32. The summed E-state index contributed by atoms with van der Waals surface area (Å²) in [5.41, 5.74) is -0.467.